The maximum absolute atomic E-state index is 11.1. The molecule has 1 heterocycles. The Balaban J connectivity index is 2.58. The number of nitrogens with zero attached hydrogens (tertiary/aromatic N) is 3. The van der Waals surface area contributed by atoms with Crippen LogP contribution >= 0.6 is 0 Å². The van der Waals surface area contributed by atoms with Gasteiger partial charge in [-0.1, -0.05) is 6.07 Å². The van der Waals surface area contributed by atoms with Gasteiger partial charge in [-0.3, -0.25) is 4.79 Å². The number of nitrogens with two attached hydrogens (primary N) is 1. The molecule has 3 N–H and O–H groups in total. The predicted molar refractivity (Wildman–Crippen MR) is 67.4 cm³/mol. The third-order valence-electron chi connectivity index (χ3n) is 2.72. The van der Waals surface area contributed by atoms with E-state index in [1.807, 2.05) is 6.07 Å². The molecule has 0 saturated heterocycles. The van der Waals surface area contributed by atoms with E-state index in [-0.39, 0.29) is 5.56 Å². The molecule has 2 aromatic rings. The van der Waals surface area contributed by atoms with Crippen LogP contribution in [0.2, 0.25) is 0 Å². The van der Waals surface area contributed by atoms with Gasteiger partial charge in [0.2, 0.25) is 0 Å². The predicted octanol–water partition coefficient (Wildman–Crippen LogP) is 0.896. The Kier molecular flexibility index (Phi) is 3.31. The van der Waals surface area contributed by atoms with Gasteiger partial charge >= 0.3 is 0 Å². The van der Waals surface area contributed by atoms with Crippen molar-refractivity contribution in [2.24, 2.45) is 5.73 Å². The Morgan fingerprint density at radius 1 is 1.58 bits per heavy atom. The van der Waals surface area contributed by atoms with Crippen molar-refractivity contribution in [3.05, 3.63) is 47.3 Å². The van der Waals surface area contributed by atoms with Crippen LogP contribution in [0.25, 0.3) is 5.69 Å². The molecule has 0 unspecified atom stereocenters. The SMILES string of the molecule is C[C@H](O)c1ccc(C#N)cc1-n1cc(C(N)=O)cn1. The number of hydrogen-bond acceptors (Lipinski definition) is 4. The van der Waals surface area contributed by atoms with E-state index < -0.39 is 12.0 Å². The van der Waals surface area contributed by atoms with Gasteiger partial charge in [0.15, 0.2) is 0 Å². The summed E-state index contributed by atoms with van der Waals surface area (Å²) in [5, 5.41) is 22.7. The molecule has 2 rings (SSSR count). The summed E-state index contributed by atoms with van der Waals surface area (Å²) in [6, 6.07) is 6.89. The van der Waals surface area contributed by atoms with Gasteiger partial charge in [0.25, 0.3) is 5.91 Å². The van der Waals surface area contributed by atoms with E-state index in [9.17, 15) is 9.90 Å². The number of aromatic nitrogens is 2. The molecule has 0 aliphatic rings. The molecule has 0 saturated carbocycles. The number of hydrogen-bond donors (Lipinski definition) is 2. The third-order valence-corrected chi connectivity index (χ3v) is 2.72. The Morgan fingerprint density at radius 2 is 2.32 bits per heavy atom. The minimum Gasteiger partial charge on any atom is -0.389 e. The lowest BCUT2D eigenvalue weighted by Crippen LogP contribution is -2.09. The van der Waals surface area contributed by atoms with Gasteiger partial charge in [-0.15, -0.1) is 0 Å². The summed E-state index contributed by atoms with van der Waals surface area (Å²) < 4.78 is 1.42. The fraction of sp³-hybridized carbons (Fsp3) is 0.154. The van der Waals surface area contributed by atoms with Gasteiger partial charge in [-0.05, 0) is 19.1 Å². The average molecular weight is 256 g/mol. The van der Waals surface area contributed by atoms with Crippen LogP contribution in [0.1, 0.15) is 34.5 Å². The maximum Gasteiger partial charge on any atom is 0.251 e. The van der Waals surface area contributed by atoms with E-state index in [0.29, 0.717) is 16.8 Å². The van der Waals surface area contributed by atoms with Crippen molar-refractivity contribution in [3.8, 4) is 11.8 Å². The number of benzene rings is 1. The number of aliphatic hydroxyl groups is 1. The first-order valence-electron chi connectivity index (χ1n) is 5.60. The molecule has 1 amide bonds. The van der Waals surface area contributed by atoms with Gasteiger partial charge in [0, 0.05) is 11.8 Å². The lowest BCUT2D eigenvalue weighted by molar-refractivity contribution is 0.100. The van der Waals surface area contributed by atoms with E-state index in [4.69, 9.17) is 11.0 Å². The first kappa shape index (κ1) is 12.8. The van der Waals surface area contributed by atoms with E-state index in [1.165, 1.54) is 17.1 Å². The van der Waals surface area contributed by atoms with Crippen molar-refractivity contribution in [1.29, 1.82) is 5.26 Å². The lowest BCUT2D eigenvalue weighted by Gasteiger charge is -2.12. The van der Waals surface area contributed by atoms with Crippen LogP contribution in [-0.4, -0.2) is 20.8 Å². The molecule has 0 aliphatic heterocycles. The second-order valence-corrected chi connectivity index (χ2v) is 4.10. The Morgan fingerprint density at radius 3 is 2.84 bits per heavy atom. The van der Waals surface area contributed by atoms with Crippen molar-refractivity contribution in [1.82, 2.24) is 9.78 Å². The fourth-order valence-electron chi connectivity index (χ4n) is 1.75. The van der Waals surface area contributed by atoms with E-state index in [2.05, 4.69) is 5.10 Å². The average Bonchev–Trinajstić information content (AvgIpc) is 2.87. The highest BCUT2D eigenvalue weighted by molar-refractivity contribution is 5.92. The monoisotopic (exact) mass is 256 g/mol. The standard InChI is InChI=1S/C13H12N4O2/c1-8(18)11-3-2-9(5-14)4-12(11)17-7-10(6-16-17)13(15)19/h2-4,6-8,18H,1H3,(H2,15,19)/t8-/m0/s1. The summed E-state index contributed by atoms with van der Waals surface area (Å²) in [4.78, 5) is 11.1. The highest BCUT2D eigenvalue weighted by Crippen LogP contribution is 2.22. The fourth-order valence-corrected chi connectivity index (χ4v) is 1.75. The number of aliphatic hydroxyl groups excluding tert-OH is 1. The zero-order valence-electron chi connectivity index (χ0n) is 10.2. The minimum atomic E-state index is -0.719. The minimum absolute atomic E-state index is 0.263. The Bertz CT molecular complexity index is 668. The number of carbonyl (C=O) groups excluding carboxylic acids is 1. The molecule has 6 nitrogen and oxygen atoms in total. The Labute approximate surface area is 109 Å². The van der Waals surface area contributed by atoms with Gasteiger partial charge in [-0.2, -0.15) is 10.4 Å². The second kappa shape index (κ2) is 4.92. The van der Waals surface area contributed by atoms with Crippen LogP contribution in [0, 0.1) is 11.3 Å². The van der Waals surface area contributed by atoms with Gasteiger partial charge in [-0.25, -0.2) is 4.68 Å². The lowest BCUT2D eigenvalue weighted by atomic mass is 10.1. The summed E-state index contributed by atoms with van der Waals surface area (Å²) in [6.07, 6.45) is 2.08. The van der Waals surface area contributed by atoms with Gasteiger partial charge in [0.05, 0.1) is 35.2 Å². The molecule has 0 aliphatic carbocycles. The van der Waals surface area contributed by atoms with Crippen molar-refractivity contribution in [2.45, 2.75) is 13.0 Å². The molecule has 1 aromatic heterocycles. The first-order chi connectivity index (χ1) is 9.02. The molecule has 0 fully saturated rings. The topological polar surface area (TPSA) is 105 Å². The summed E-state index contributed by atoms with van der Waals surface area (Å²) in [7, 11) is 0. The normalized spacial score (nSPS) is 11.8. The summed E-state index contributed by atoms with van der Waals surface area (Å²) in [6.45, 7) is 1.61. The van der Waals surface area contributed by atoms with Crippen LogP contribution < -0.4 is 5.73 Å². The molecule has 1 aromatic carbocycles. The largest absolute Gasteiger partial charge is 0.389 e. The molecule has 0 radical (unpaired) electrons. The number of carbonyl (C=O) groups is 1. The van der Waals surface area contributed by atoms with Crippen molar-refractivity contribution in [3.63, 3.8) is 0 Å². The van der Waals surface area contributed by atoms with Crippen LogP contribution in [0.4, 0.5) is 0 Å². The molecule has 1 atom stereocenters. The summed E-state index contributed by atoms with van der Waals surface area (Å²) in [5.41, 5.74) is 7.02. The number of nitriles is 1. The van der Waals surface area contributed by atoms with Gasteiger partial charge < -0.3 is 10.8 Å². The first-order valence-corrected chi connectivity index (χ1v) is 5.60. The van der Waals surface area contributed by atoms with Crippen molar-refractivity contribution < 1.29 is 9.90 Å². The number of primary amides is 1. The second-order valence-electron chi connectivity index (χ2n) is 4.10. The summed E-state index contributed by atoms with van der Waals surface area (Å²) >= 11 is 0. The van der Waals surface area contributed by atoms with E-state index >= 15 is 0 Å². The third kappa shape index (κ3) is 2.46. The molecular weight excluding hydrogens is 244 g/mol. The van der Waals surface area contributed by atoms with Crippen LogP contribution in [0.3, 0.4) is 0 Å². The summed E-state index contributed by atoms with van der Waals surface area (Å²) in [5.74, 6) is -0.582. The highest BCUT2D eigenvalue weighted by Gasteiger charge is 2.13. The zero-order chi connectivity index (χ0) is 14.0. The Hall–Kier alpha value is -2.65. The molecule has 6 heteroatoms. The molecule has 0 bridgehead atoms. The van der Waals surface area contributed by atoms with E-state index in [0.717, 1.165) is 0 Å². The molecule has 19 heavy (non-hydrogen) atoms. The zero-order valence-corrected chi connectivity index (χ0v) is 10.2. The molecule has 0 spiro atoms. The van der Waals surface area contributed by atoms with Crippen LogP contribution in [0.15, 0.2) is 30.6 Å². The van der Waals surface area contributed by atoms with Crippen LogP contribution in [0.5, 0.6) is 0 Å². The van der Waals surface area contributed by atoms with Gasteiger partial charge in [0.1, 0.15) is 0 Å². The quantitative estimate of drug-likeness (QED) is 0.850. The molecular formula is C13H12N4O2. The number of amides is 1. The maximum atomic E-state index is 11.1. The molecule has 96 valence electrons. The van der Waals surface area contributed by atoms with Crippen molar-refractivity contribution in [2.75, 3.05) is 0 Å². The van der Waals surface area contributed by atoms with Crippen molar-refractivity contribution >= 4 is 5.91 Å². The van der Waals surface area contributed by atoms with E-state index in [1.54, 1.807) is 25.1 Å². The van der Waals surface area contributed by atoms with Crippen LogP contribution in [-0.2, 0) is 0 Å². The number of rotatable bonds is 3. The smallest absolute Gasteiger partial charge is 0.251 e. The highest BCUT2D eigenvalue weighted by atomic mass is 16.3.